The van der Waals surface area contributed by atoms with Gasteiger partial charge in [-0.2, -0.15) is 0 Å². The van der Waals surface area contributed by atoms with E-state index in [0.717, 1.165) is 37.9 Å². The van der Waals surface area contributed by atoms with Crippen molar-refractivity contribution in [2.24, 2.45) is 0 Å². The largest absolute Gasteiger partial charge is 0.463 e. The van der Waals surface area contributed by atoms with Gasteiger partial charge in [0.15, 0.2) is 0 Å². The lowest BCUT2D eigenvalue weighted by atomic mass is 9.86. The van der Waals surface area contributed by atoms with E-state index in [4.69, 9.17) is 30.2 Å². The van der Waals surface area contributed by atoms with Crippen molar-refractivity contribution in [3.63, 3.8) is 0 Å². The Morgan fingerprint density at radius 1 is 0.932 bits per heavy atom. The zero-order chi connectivity index (χ0) is 30.5. The Morgan fingerprint density at radius 3 is 2.30 bits per heavy atom. The van der Waals surface area contributed by atoms with Gasteiger partial charge in [-0.05, 0) is 54.3 Å². The lowest BCUT2D eigenvalue weighted by molar-refractivity contribution is -0.240. The van der Waals surface area contributed by atoms with Crippen LogP contribution in [0.1, 0.15) is 53.6 Å². The second-order valence-corrected chi connectivity index (χ2v) is 13.2. The third kappa shape index (κ3) is 7.49. The maximum atomic E-state index is 11.1. The molecule has 1 N–H and O–H groups in total. The zero-order valence-electron chi connectivity index (χ0n) is 24.8. The molecule has 44 heavy (non-hydrogen) atoms. The molecule has 1 fully saturated rings. The number of hydrogen-bond donors (Lipinski definition) is 1. The summed E-state index contributed by atoms with van der Waals surface area (Å²) in [7, 11) is 0. The number of hydrogen-bond acceptors (Lipinski definition) is 7. The zero-order valence-corrected chi connectivity index (χ0v) is 26.3. The van der Waals surface area contributed by atoms with Gasteiger partial charge in [-0.1, -0.05) is 84.4 Å². The molecule has 6 rings (SSSR count). The van der Waals surface area contributed by atoms with E-state index < -0.39 is 23.9 Å². The van der Waals surface area contributed by atoms with E-state index in [9.17, 15) is 5.11 Å². The second kappa shape index (κ2) is 13.8. The van der Waals surface area contributed by atoms with Gasteiger partial charge in [0, 0.05) is 24.1 Å². The van der Waals surface area contributed by atoms with Crippen LogP contribution in [0.4, 0.5) is 0 Å². The highest BCUT2D eigenvalue weighted by atomic mass is 35.5. The van der Waals surface area contributed by atoms with Gasteiger partial charge in [0.2, 0.25) is 0 Å². The Hall–Kier alpha value is -3.30. The maximum absolute atomic E-state index is 11.1. The van der Waals surface area contributed by atoms with Gasteiger partial charge in [0.05, 0.1) is 47.2 Å². The topological polar surface area (TPSA) is 74.0 Å². The summed E-state index contributed by atoms with van der Waals surface area (Å²) in [6.45, 7) is 4.38. The summed E-state index contributed by atoms with van der Waals surface area (Å²) in [5.41, 5.74) is 2.89. The van der Waals surface area contributed by atoms with E-state index in [1.54, 1.807) is 31.4 Å². The fraction of sp³-hybridized carbons (Fsp3) is 0.306. The van der Waals surface area contributed by atoms with Crippen LogP contribution < -0.4 is 0 Å². The van der Waals surface area contributed by atoms with Gasteiger partial charge in [-0.25, -0.2) is 4.98 Å². The second-order valence-electron chi connectivity index (χ2n) is 11.7. The fourth-order valence-corrected chi connectivity index (χ4v) is 6.56. The Labute approximate surface area is 267 Å². The highest BCUT2D eigenvalue weighted by Crippen LogP contribution is 2.41. The molecule has 1 aliphatic heterocycles. The van der Waals surface area contributed by atoms with E-state index in [2.05, 4.69) is 11.1 Å². The molecular weight excluding hydrogens is 594 g/mol. The predicted octanol–water partition coefficient (Wildman–Crippen LogP) is 8.42. The maximum Gasteiger partial charge on any atom is 0.145 e. The van der Waals surface area contributed by atoms with Crippen molar-refractivity contribution in [2.75, 3.05) is 0 Å². The van der Waals surface area contributed by atoms with E-state index in [-0.39, 0.29) is 6.10 Å². The van der Waals surface area contributed by atoms with Crippen LogP contribution in [-0.4, -0.2) is 34.0 Å². The SMILES string of the molecule is CC(C)(O)C1CC(OCc2ccccc2)C(OCc2ccccc2)C(c2ccc(Cl)c(Cc3ncc(-c4ccco4)s3)c2)O1. The Balaban J connectivity index is 1.31. The molecule has 5 aromatic rings. The summed E-state index contributed by atoms with van der Waals surface area (Å²) < 4.78 is 25.5. The van der Waals surface area contributed by atoms with Gasteiger partial charge < -0.3 is 23.7 Å². The van der Waals surface area contributed by atoms with E-state index in [1.165, 1.54) is 0 Å². The van der Waals surface area contributed by atoms with Gasteiger partial charge in [-0.15, -0.1) is 11.3 Å². The number of ether oxygens (including phenoxy) is 3. The number of halogens is 1. The van der Waals surface area contributed by atoms with Gasteiger partial charge in [-0.3, -0.25) is 0 Å². The number of nitrogens with zero attached hydrogens (tertiary/aromatic N) is 1. The lowest BCUT2D eigenvalue weighted by Gasteiger charge is -2.45. The number of benzene rings is 3. The number of furan rings is 1. The highest BCUT2D eigenvalue weighted by Gasteiger charge is 2.45. The molecule has 0 radical (unpaired) electrons. The smallest absolute Gasteiger partial charge is 0.145 e. The molecule has 4 atom stereocenters. The third-order valence-corrected chi connectivity index (χ3v) is 9.24. The van der Waals surface area contributed by atoms with Crippen LogP contribution in [0.3, 0.4) is 0 Å². The Kier molecular flexibility index (Phi) is 9.62. The quantitative estimate of drug-likeness (QED) is 0.158. The minimum atomic E-state index is -1.09. The molecule has 4 unspecified atom stereocenters. The summed E-state index contributed by atoms with van der Waals surface area (Å²) in [5.74, 6) is 0.793. The predicted molar refractivity (Wildman–Crippen MR) is 173 cm³/mol. The van der Waals surface area contributed by atoms with Crippen molar-refractivity contribution in [1.82, 2.24) is 4.98 Å². The highest BCUT2D eigenvalue weighted by molar-refractivity contribution is 7.15. The first-order chi connectivity index (χ1) is 21.3. The van der Waals surface area contributed by atoms with Crippen molar-refractivity contribution in [3.05, 3.63) is 136 Å². The van der Waals surface area contributed by atoms with Gasteiger partial charge in [0.25, 0.3) is 0 Å². The van der Waals surface area contributed by atoms with E-state index in [1.807, 2.05) is 91.1 Å². The Morgan fingerprint density at radius 2 is 1.64 bits per heavy atom. The minimum absolute atomic E-state index is 0.331. The molecule has 0 amide bonds. The summed E-state index contributed by atoms with van der Waals surface area (Å²) in [4.78, 5) is 5.60. The number of rotatable bonds is 11. The van der Waals surface area contributed by atoms with Gasteiger partial charge >= 0.3 is 0 Å². The molecular formula is C36H36ClNO5S. The van der Waals surface area contributed by atoms with Crippen LogP contribution in [0.5, 0.6) is 0 Å². The molecule has 228 valence electrons. The number of thiazole rings is 1. The average molecular weight is 630 g/mol. The number of aliphatic hydroxyl groups is 1. The van der Waals surface area contributed by atoms with Crippen molar-refractivity contribution in [2.45, 2.75) is 69.9 Å². The minimum Gasteiger partial charge on any atom is -0.463 e. The van der Waals surface area contributed by atoms with Crippen LogP contribution in [0.15, 0.2) is 108 Å². The van der Waals surface area contributed by atoms with E-state index >= 15 is 0 Å². The van der Waals surface area contributed by atoms with Crippen molar-refractivity contribution < 1.29 is 23.7 Å². The van der Waals surface area contributed by atoms with Crippen LogP contribution >= 0.6 is 22.9 Å². The lowest BCUT2D eigenvalue weighted by Crippen LogP contribution is -2.52. The van der Waals surface area contributed by atoms with Crippen molar-refractivity contribution in [3.8, 4) is 10.6 Å². The van der Waals surface area contributed by atoms with Crippen molar-refractivity contribution >= 4 is 22.9 Å². The first-order valence-electron chi connectivity index (χ1n) is 14.8. The van der Waals surface area contributed by atoms with Gasteiger partial charge in [0.1, 0.15) is 18.0 Å². The Bertz CT molecular complexity index is 1620. The first kappa shape index (κ1) is 30.7. The normalized spacial score (nSPS) is 20.5. The molecule has 0 saturated carbocycles. The van der Waals surface area contributed by atoms with Crippen LogP contribution in [0.25, 0.3) is 10.6 Å². The fourth-order valence-electron chi connectivity index (χ4n) is 5.47. The third-order valence-electron chi connectivity index (χ3n) is 7.86. The summed E-state index contributed by atoms with van der Waals surface area (Å²) >= 11 is 8.32. The molecule has 8 heteroatoms. The molecule has 1 aliphatic rings. The standard InChI is InChI=1S/C36H36ClNO5S/c1-36(2,39)32-20-30(41-22-24-10-5-3-6-11-24)35(42-23-25-12-7-4-8-13-25)34(43-32)26-15-16-28(37)27(18-26)19-33-38-21-31(44-33)29-14-9-17-40-29/h3-18,21,30,32,34-35,39H,19-20,22-23H2,1-2H3. The first-order valence-corrected chi connectivity index (χ1v) is 16.0. The van der Waals surface area contributed by atoms with E-state index in [0.29, 0.717) is 31.1 Å². The average Bonchev–Trinajstić information content (AvgIpc) is 3.73. The molecule has 1 saturated heterocycles. The molecule has 3 heterocycles. The number of aromatic nitrogens is 1. The molecule has 3 aromatic carbocycles. The summed E-state index contributed by atoms with van der Waals surface area (Å²) in [5, 5.41) is 12.7. The van der Waals surface area contributed by atoms with Crippen molar-refractivity contribution in [1.29, 1.82) is 0 Å². The molecule has 0 spiro atoms. The van der Waals surface area contributed by atoms with Crippen LogP contribution in [-0.2, 0) is 33.8 Å². The molecule has 0 bridgehead atoms. The van der Waals surface area contributed by atoms with Crippen LogP contribution in [0, 0.1) is 0 Å². The summed E-state index contributed by atoms with van der Waals surface area (Å²) in [6, 6.07) is 29.9. The molecule has 0 aliphatic carbocycles. The molecule has 2 aromatic heterocycles. The molecule has 6 nitrogen and oxygen atoms in total. The van der Waals surface area contributed by atoms with Crippen LogP contribution in [0.2, 0.25) is 5.02 Å². The summed E-state index contributed by atoms with van der Waals surface area (Å²) in [6.07, 6.45) is 2.80. The monoisotopic (exact) mass is 629 g/mol.